The molecule has 3 fully saturated rings. The summed E-state index contributed by atoms with van der Waals surface area (Å²) in [5.41, 5.74) is -7.64. The first-order chi connectivity index (χ1) is 31.7. The minimum atomic E-state index is -2.47. The highest BCUT2D eigenvalue weighted by Crippen LogP contribution is 2.64. The highest BCUT2D eigenvalue weighted by molar-refractivity contribution is 6.26. The Morgan fingerprint density at radius 2 is 1.42 bits per heavy atom. The van der Waals surface area contributed by atoms with Crippen LogP contribution in [-0.4, -0.2) is 118 Å². The van der Waals surface area contributed by atoms with E-state index in [0.29, 0.717) is 5.56 Å². The maximum absolute atomic E-state index is 15.5. The minimum absolute atomic E-state index is 0.0297. The molecule has 1 heterocycles. The normalized spacial score (nSPS) is 30.3. The number of benzene rings is 3. The second kappa shape index (κ2) is 19.2. The monoisotopic (exact) mass is 963 g/mol. The predicted molar refractivity (Wildman–Crippen MR) is 237 cm³/mol. The molecular weight excluding hydrogens is 913 g/mol. The first-order valence-corrected chi connectivity index (χ1v) is 22.7. The lowest BCUT2D eigenvalue weighted by Gasteiger charge is -2.67. The van der Waals surface area contributed by atoms with Crippen LogP contribution in [0.5, 0.6) is 0 Å². The summed E-state index contributed by atoms with van der Waals surface area (Å²) in [6.45, 7) is 6.66. The molecule has 3 aromatic rings. The number of ketones is 1. The van der Waals surface area contributed by atoms with Crippen LogP contribution in [0, 0.1) is 16.7 Å². The van der Waals surface area contributed by atoms with Crippen LogP contribution in [0.25, 0.3) is 0 Å². The molecule has 67 heavy (non-hydrogen) atoms. The first-order valence-electron chi connectivity index (χ1n) is 21.6. The lowest BCUT2D eigenvalue weighted by molar-refractivity contribution is -0.346. The molecule has 0 spiro atoms. The van der Waals surface area contributed by atoms with E-state index in [0.717, 1.165) is 6.92 Å². The number of nitrogens with one attached hydrogen (secondary N) is 1. The zero-order valence-corrected chi connectivity index (χ0v) is 38.8. The van der Waals surface area contributed by atoms with Crippen molar-refractivity contribution in [2.24, 2.45) is 16.7 Å². The fourth-order valence-electron chi connectivity index (χ4n) is 10.6. The molecule has 0 aromatic heterocycles. The van der Waals surface area contributed by atoms with E-state index in [1.54, 1.807) is 78.9 Å². The minimum Gasteiger partial charge on any atom is -0.460 e. The van der Waals surface area contributed by atoms with Gasteiger partial charge in [-0.15, -0.1) is 23.2 Å². The van der Waals surface area contributed by atoms with Crippen molar-refractivity contribution in [2.75, 3.05) is 18.4 Å². The van der Waals surface area contributed by atoms with Gasteiger partial charge in [0.2, 0.25) is 6.10 Å². The van der Waals surface area contributed by atoms with E-state index in [-0.39, 0.29) is 35.3 Å². The molecule has 356 valence electrons. The molecule has 1 aliphatic heterocycles. The summed E-state index contributed by atoms with van der Waals surface area (Å²) in [6.07, 6.45) is -10.9. The fourth-order valence-corrected chi connectivity index (χ4v) is 10.7. The van der Waals surface area contributed by atoms with Crippen molar-refractivity contribution in [2.45, 2.75) is 101 Å². The Labute approximate surface area is 396 Å². The van der Waals surface area contributed by atoms with Crippen molar-refractivity contribution in [3.63, 3.8) is 0 Å². The average Bonchev–Trinajstić information content (AvgIpc) is 3.31. The van der Waals surface area contributed by atoms with Gasteiger partial charge in [0.15, 0.2) is 11.4 Å². The number of carbonyl (C=O) groups is 7. The molecule has 4 aliphatic rings. The topological polar surface area (TPSA) is 227 Å². The Bertz CT molecular complexity index is 2450. The third-order valence-electron chi connectivity index (χ3n) is 13.9. The Morgan fingerprint density at radius 3 is 1.97 bits per heavy atom. The summed E-state index contributed by atoms with van der Waals surface area (Å²) in [6, 6.07) is 22.6. The van der Waals surface area contributed by atoms with Gasteiger partial charge in [-0.3, -0.25) is 24.0 Å². The standard InChI is InChI=1S/C49H51Cl2NO15/c1-26-31(63-45(60)39(65-35(55)24-51)37(28-15-9-6-10-16-28)52-43(58)29-17-11-7-12-18-29)22-49(61)42(66-44(59)30-19-13-8-14-20-30)40-47(5,41(57)38(56)36(26)46(49,3)4)32(64-34(54)23-50)21-33-48(40,25-62-33)67-27(2)53/h6-20,31-33,37-40,42,56,61H,21-25H2,1-5H3,(H,52,58)/t31-,32-,33+,37?,38+,39?,40?,42-,47+,48-,49+/m0/s1. The Balaban J connectivity index is 1.41. The van der Waals surface area contributed by atoms with Gasteiger partial charge in [-0.2, -0.15) is 0 Å². The van der Waals surface area contributed by atoms with Crippen LogP contribution in [-0.2, 0) is 52.4 Å². The van der Waals surface area contributed by atoms with Crippen LogP contribution < -0.4 is 5.32 Å². The van der Waals surface area contributed by atoms with Gasteiger partial charge in [-0.1, -0.05) is 80.6 Å². The van der Waals surface area contributed by atoms with Gasteiger partial charge in [0.25, 0.3) is 5.91 Å². The molecule has 0 radical (unpaired) electrons. The summed E-state index contributed by atoms with van der Waals surface area (Å²) in [5.74, 6) is -9.59. The second-order valence-electron chi connectivity index (χ2n) is 18.0. The number of esters is 5. The Hall–Kier alpha value is -5.65. The predicted octanol–water partition coefficient (Wildman–Crippen LogP) is 4.74. The summed E-state index contributed by atoms with van der Waals surface area (Å²) >= 11 is 11.8. The van der Waals surface area contributed by atoms with Crippen molar-refractivity contribution >= 4 is 64.7 Å². The first kappa shape index (κ1) is 49.3. The third-order valence-corrected chi connectivity index (χ3v) is 14.3. The number of ether oxygens (including phenoxy) is 6. The number of carbonyl (C=O) groups excluding carboxylic acids is 7. The highest BCUT2D eigenvalue weighted by atomic mass is 35.5. The van der Waals surface area contributed by atoms with Crippen molar-refractivity contribution in [3.8, 4) is 0 Å². The number of alkyl halides is 2. The zero-order chi connectivity index (χ0) is 48.6. The number of hydrogen-bond donors (Lipinski definition) is 3. The third kappa shape index (κ3) is 8.74. The number of rotatable bonds is 13. The van der Waals surface area contributed by atoms with Gasteiger partial charge in [0.1, 0.15) is 53.9 Å². The van der Waals surface area contributed by atoms with Gasteiger partial charge in [0.05, 0.1) is 23.5 Å². The number of hydrogen-bond acceptors (Lipinski definition) is 15. The van der Waals surface area contributed by atoms with E-state index in [4.69, 9.17) is 51.6 Å². The number of Topliss-reactive ketones (excluding diaryl/α,β-unsaturated/α-hetero) is 1. The van der Waals surface area contributed by atoms with E-state index in [9.17, 15) is 39.0 Å². The number of aliphatic hydroxyl groups is 2. The average molecular weight is 965 g/mol. The van der Waals surface area contributed by atoms with Crippen molar-refractivity contribution in [3.05, 3.63) is 119 Å². The molecule has 1 saturated heterocycles. The van der Waals surface area contributed by atoms with E-state index < -0.39 is 130 Å². The molecule has 2 bridgehead atoms. The Morgan fingerprint density at radius 1 is 0.836 bits per heavy atom. The van der Waals surface area contributed by atoms with Crippen molar-refractivity contribution in [1.29, 1.82) is 0 Å². The molecule has 18 heteroatoms. The van der Waals surface area contributed by atoms with Crippen LogP contribution >= 0.6 is 23.2 Å². The molecule has 11 atom stereocenters. The van der Waals surface area contributed by atoms with E-state index in [1.165, 1.54) is 39.8 Å². The summed E-state index contributed by atoms with van der Waals surface area (Å²) in [7, 11) is 0. The van der Waals surface area contributed by atoms with Crippen LogP contribution in [0.15, 0.2) is 102 Å². The largest absolute Gasteiger partial charge is 0.460 e. The van der Waals surface area contributed by atoms with Crippen LogP contribution in [0.4, 0.5) is 0 Å². The number of amides is 1. The molecule has 3 aromatic carbocycles. The number of aliphatic hydroxyl groups excluding tert-OH is 1. The molecular formula is C49H51Cl2NO15. The second-order valence-corrected chi connectivity index (χ2v) is 18.5. The van der Waals surface area contributed by atoms with Crippen molar-refractivity contribution in [1.82, 2.24) is 5.32 Å². The maximum Gasteiger partial charge on any atom is 0.350 e. The van der Waals surface area contributed by atoms with E-state index in [2.05, 4.69) is 5.32 Å². The number of halogens is 2. The van der Waals surface area contributed by atoms with Crippen LogP contribution in [0.2, 0.25) is 0 Å². The zero-order valence-electron chi connectivity index (χ0n) is 37.3. The van der Waals surface area contributed by atoms with Gasteiger partial charge in [-0.25, -0.2) is 9.59 Å². The molecule has 1 amide bonds. The van der Waals surface area contributed by atoms with Crippen LogP contribution in [0.1, 0.15) is 79.8 Å². The lowest BCUT2D eigenvalue weighted by atomic mass is 9.44. The molecule has 3 N–H and O–H groups in total. The summed E-state index contributed by atoms with van der Waals surface area (Å²) < 4.78 is 36.2. The number of fused-ring (bicyclic) bond motifs is 5. The molecule has 2 saturated carbocycles. The lowest BCUT2D eigenvalue weighted by Crippen LogP contribution is -2.82. The van der Waals surface area contributed by atoms with Crippen LogP contribution in [0.3, 0.4) is 0 Å². The smallest absolute Gasteiger partial charge is 0.350 e. The Kier molecular flexibility index (Phi) is 14.1. The molecule has 7 rings (SSSR count). The van der Waals surface area contributed by atoms with Gasteiger partial charge in [0, 0.05) is 30.7 Å². The van der Waals surface area contributed by atoms with E-state index in [1.807, 2.05) is 0 Å². The molecule has 3 unspecified atom stereocenters. The molecule has 16 nitrogen and oxygen atoms in total. The maximum atomic E-state index is 15.5. The van der Waals surface area contributed by atoms with Crippen molar-refractivity contribution < 1.29 is 72.2 Å². The molecule has 3 aliphatic carbocycles. The van der Waals surface area contributed by atoms with Gasteiger partial charge in [-0.05, 0) is 54.8 Å². The van der Waals surface area contributed by atoms with E-state index >= 15 is 4.79 Å². The summed E-state index contributed by atoms with van der Waals surface area (Å²) in [4.78, 5) is 97.6. The summed E-state index contributed by atoms with van der Waals surface area (Å²) in [5, 5.41) is 29.1. The fraction of sp³-hybridized carbons (Fsp3) is 0.449. The quantitative estimate of drug-likeness (QED) is 0.0910. The highest BCUT2D eigenvalue weighted by Gasteiger charge is 2.78. The SMILES string of the molecule is CC(=O)O[C@@]12CO[C@@H]1C[C@H](OC(=O)CCl)[C@@]1(C)C(=O)[C@H](O)C3=C(C)[C@@H](OC(=O)C(OC(=O)CCl)C(NC(=O)c4ccccc4)c4ccccc4)C[C@@](O)([C@@H](OC(=O)c4ccccc4)C12)C3(C)C. The van der Waals surface area contributed by atoms with Gasteiger partial charge >= 0.3 is 29.8 Å². The van der Waals surface area contributed by atoms with Gasteiger partial charge < -0.3 is 44.0 Å².